The molecule has 1 atom stereocenters. The topological polar surface area (TPSA) is 100 Å². The van der Waals surface area contributed by atoms with Gasteiger partial charge in [-0.1, -0.05) is 0 Å². The highest BCUT2D eigenvalue weighted by Crippen LogP contribution is 2.30. The summed E-state index contributed by atoms with van der Waals surface area (Å²) >= 11 is 0. The average molecular weight is 308 g/mol. The summed E-state index contributed by atoms with van der Waals surface area (Å²) in [6.07, 6.45) is -0.238. The molecule has 0 saturated carbocycles. The quantitative estimate of drug-likeness (QED) is 0.461. The molecule has 0 aliphatic heterocycles. The van der Waals surface area contributed by atoms with Crippen molar-refractivity contribution in [1.82, 2.24) is 14.8 Å². The van der Waals surface area contributed by atoms with Crippen LogP contribution in [-0.4, -0.2) is 31.6 Å². The number of carbonyl (C=O) groups excluding carboxylic acids is 1. The number of ether oxygens (including phenoxy) is 1. The number of hydrogen-bond donors (Lipinski definition) is 0. The molecule has 0 amide bonds. The summed E-state index contributed by atoms with van der Waals surface area (Å²) in [6.45, 7) is 3.43. The first kappa shape index (κ1) is 15.5. The van der Waals surface area contributed by atoms with E-state index in [-0.39, 0.29) is 17.4 Å². The number of aromatic nitrogens is 3. The Labute approximate surface area is 124 Å². The van der Waals surface area contributed by atoms with Crippen LogP contribution in [0.4, 0.5) is 10.1 Å². The first-order valence-electron chi connectivity index (χ1n) is 6.37. The van der Waals surface area contributed by atoms with Gasteiger partial charge in [0.1, 0.15) is 12.7 Å². The van der Waals surface area contributed by atoms with E-state index < -0.39 is 22.7 Å². The number of alkyl halides is 1. The van der Waals surface area contributed by atoms with Crippen molar-refractivity contribution in [3.63, 3.8) is 0 Å². The second kappa shape index (κ2) is 6.29. The van der Waals surface area contributed by atoms with E-state index in [1.807, 2.05) is 0 Å². The highest BCUT2D eigenvalue weighted by molar-refractivity contribution is 5.98. The number of nitrogens with zero attached hydrogens (tertiary/aromatic N) is 4. The lowest BCUT2D eigenvalue weighted by Gasteiger charge is -2.11. The van der Waals surface area contributed by atoms with Crippen molar-refractivity contribution < 1.29 is 18.8 Å². The molecule has 2 aromatic rings. The molecule has 0 bridgehead atoms. The number of rotatable bonds is 6. The third kappa shape index (κ3) is 3.25. The predicted molar refractivity (Wildman–Crippen MR) is 73.4 cm³/mol. The smallest absolute Gasteiger partial charge is 0.311 e. The van der Waals surface area contributed by atoms with Gasteiger partial charge in [-0.3, -0.25) is 14.9 Å². The van der Waals surface area contributed by atoms with Gasteiger partial charge in [-0.2, -0.15) is 5.10 Å². The van der Waals surface area contributed by atoms with Gasteiger partial charge in [0.2, 0.25) is 5.78 Å². The molecule has 0 radical (unpaired) electrons. The first-order chi connectivity index (χ1) is 10.4. The molecule has 0 N–H and O–H groups in total. The first-order valence-corrected chi connectivity index (χ1v) is 6.37. The Kier molecular flexibility index (Phi) is 4.44. The van der Waals surface area contributed by atoms with Gasteiger partial charge in [-0.05, 0) is 26.0 Å². The maximum Gasteiger partial charge on any atom is 0.311 e. The fraction of sp³-hybridized carbons (Fsp3) is 0.308. The van der Waals surface area contributed by atoms with Crippen molar-refractivity contribution in [3.8, 4) is 5.75 Å². The van der Waals surface area contributed by atoms with Crippen LogP contribution in [0.25, 0.3) is 0 Å². The van der Waals surface area contributed by atoms with Gasteiger partial charge in [0.15, 0.2) is 5.75 Å². The van der Waals surface area contributed by atoms with Crippen LogP contribution in [0.3, 0.4) is 0 Å². The molecule has 1 unspecified atom stereocenters. The van der Waals surface area contributed by atoms with Gasteiger partial charge in [-0.25, -0.2) is 14.1 Å². The van der Waals surface area contributed by atoms with Gasteiger partial charge in [0.05, 0.1) is 11.0 Å². The lowest BCUT2D eigenvalue weighted by atomic mass is 10.1. The number of ketones is 1. The van der Waals surface area contributed by atoms with E-state index in [4.69, 9.17) is 4.74 Å². The monoisotopic (exact) mass is 308 g/mol. The number of carbonyl (C=O) groups is 1. The van der Waals surface area contributed by atoms with E-state index in [1.165, 1.54) is 12.1 Å². The zero-order chi connectivity index (χ0) is 16.3. The molecule has 22 heavy (non-hydrogen) atoms. The summed E-state index contributed by atoms with van der Waals surface area (Å²) in [6, 6.07) is 3.54. The number of nitro benzene ring substituents is 1. The predicted octanol–water partition coefficient (Wildman–Crippen LogP) is 2.32. The molecule has 0 saturated heterocycles. The number of halogens is 1. The van der Waals surface area contributed by atoms with E-state index in [0.717, 1.165) is 23.4 Å². The summed E-state index contributed by atoms with van der Waals surface area (Å²) in [4.78, 5) is 26.0. The molecule has 9 heteroatoms. The second-order valence-electron chi connectivity index (χ2n) is 4.68. The Balaban J connectivity index is 2.34. The molecular weight excluding hydrogens is 295 g/mol. The van der Waals surface area contributed by atoms with Crippen LogP contribution in [-0.2, 0) is 0 Å². The van der Waals surface area contributed by atoms with Crippen LogP contribution in [0.2, 0.25) is 0 Å². The highest BCUT2D eigenvalue weighted by atomic mass is 19.1. The van der Waals surface area contributed by atoms with Gasteiger partial charge in [0.25, 0.3) is 6.30 Å². The molecule has 2 rings (SSSR count). The molecule has 1 aromatic carbocycles. The Morgan fingerprint density at radius 2 is 2.18 bits per heavy atom. The Bertz CT molecular complexity index is 687. The van der Waals surface area contributed by atoms with Crippen molar-refractivity contribution in [2.24, 2.45) is 0 Å². The van der Waals surface area contributed by atoms with Crippen LogP contribution < -0.4 is 4.74 Å². The minimum Gasteiger partial charge on any atom is -0.484 e. The molecule has 0 aliphatic carbocycles. The molecule has 0 aliphatic rings. The van der Waals surface area contributed by atoms with Gasteiger partial charge >= 0.3 is 5.69 Å². The van der Waals surface area contributed by atoms with E-state index in [2.05, 4.69) is 10.1 Å². The number of benzene rings is 1. The summed E-state index contributed by atoms with van der Waals surface area (Å²) in [5.74, 6) is -0.933. The lowest BCUT2D eigenvalue weighted by molar-refractivity contribution is -0.386. The molecule has 1 heterocycles. The maximum absolute atomic E-state index is 14.0. The number of hydrogen-bond acceptors (Lipinski definition) is 6. The van der Waals surface area contributed by atoms with E-state index in [1.54, 1.807) is 13.8 Å². The Morgan fingerprint density at radius 3 is 2.73 bits per heavy atom. The van der Waals surface area contributed by atoms with Gasteiger partial charge in [-0.15, -0.1) is 0 Å². The number of nitro groups is 1. The second-order valence-corrected chi connectivity index (χ2v) is 4.68. The lowest BCUT2D eigenvalue weighted by Crippen LogP contribution is -2.16. The minimum absolute atomic E-state index is 0.0210. The van der Waals surface area contributed by atoms with E-state index in [0.29, 0.717) is 0 Å². The summed E-state index contributed by atoms with van der Waals surface area (Å²) in [7, 11) is 0. The molecule has 0 fully saturated rings. The van der Waals surface area contributed by atoms with Crippen molar-refractivity contribution >= 4 is 11.5 Å². The van der Waals surface area contributed by atoms with E-state index in [9.17, 15) is 19.3 Å². The fourth-order valence-corrected chi connectivity index (χ4v) is 1.76. The van der Waals surface area contributed by atoms with Crippen molar-refractivity contribution in [3.05, 3.63) is 46.5 Å². The summed E-state index contributed by atoms with van der Waals surface area (Å²) in [5, 5.41) is 14.6. The van der Waals surface area contributed by atoms with Crippen LogP contribution >= 0.6 is 0 Å². The molecule has 0 spiro atoms. The summed E-state index contributed by atoms with van der Waals surface area (Å²) < 4.78 is 20.0. The third-order valence-corrected chi connectivity index (χ3v) is 2.69. The minimum atomic E-state index is -2.10. The zero-order valence-electron chi connectivity index (χ0n) is 11.8. The van der Waals surface area contributed by atoms with Crippen LogP contribution in [0.1, 0.15) is 30.5 Å². The van der Waals surface area contributed by atoms with Crippen molar-refractivity contribution in [1.29, 1.82) is 0 Å². The summed E-state index contributed by atoms with van der Waals surface area (Å²) in [5.41, 5.74) is -0.545. The van der Waals surface area contributed by atoms with Crippen LogP contribution in [0.15, 0.2) is 30.9 Å². The molecule has 8 nitrogen and oxygen atoms in total. The van der Waals surface area contributed by atoms with Gasteiger partial charge in [0, 0.05) is 11.6 Å². The standard InChI is InChI=1S/C13H13FN4O4/c1-8(2)22-11-4-3-9(5-10(11)18(20)21)12(19)13(14)17-7-15-6-16-17/h3-8,13H,1-2H3. The Morgan fingerprint density at radius 1 is 1.45 bits per heavy atom. The third-order valence-electron chi connectivity index (χ3n) is 2.69. The normalized spacial score (nSPS) is 12.2. The fourth-order valence-electron chi connectivity index (χ4n) is 1.76. The Hall–Kier alpha value is -2.84. The molecular formula is C13H13FN4O4. The molecule has 116 valence electrons. The van der Waals surface area contributed by atoms with Crippen LogP contribution in [0.5, 0.6) is 5.75 Å². The highest BCUT2D eigenvalue weighted by Gasteiger charge is 2.25. The van der Waals surface area contributed by atoms with Crippen molar-refractivity contribution in [2.45, 2.75) is 26.2 Å². The largest absolute Gasteiger partial charge is 0.484 e. The van der Waals surface area contributed by atoms with E-state index >= 15 is 0 Å². The van der Waals surface area contributed by atoms with Gasteiger partial charge < -0.3 is 4.74 Å². The van der Waals surface area contributed by atoms with Crippen molar-refractivity contribution in [2.75, 3.05) is 0 Å². The zero-order valence-corrected chi connectivity index (χ0v) is 11.8. The average Bonchev–Trinajstić information content (AvgIpc) is 2.99. The van der Waals surface area contributed by atoms with Crippen LogP contribution in [0, 0.1) is 10.1 Å². The molecule has 1 aromatic heterocycles. The SMILES string of the molecule is CC(C)Oc1ccc(C(=O)C(F)n2cncn2)cc1[N+](=O)[O-]. The number of Topliss-reactive ketones (excluding diaryl/α,β-unsaturated/α-hetero) is 1. The maximum atomic E-state index is 14.0.